The summed E-state index contributed by atoms with van der Waals surface area (Å²) in [6.45, 7) is 2.12. The van der Waals surface area contributed by atoms with E-state index in [0.29, 0.717) is 22.8 Å². The van der Waals surface area contributed by atoms with Crippen LogP contribution in [-0.2, 0) is 6.42 Å². The van der Waals surface area contributed by atoms with E-state index >= 15 is 0 Å². The van der Waals surface area contributed by atoms with Crippen molar-refractivity contribution < 1.29 is 4.74 Å². The number of hydrogen-bond donors (Lipinski definition) is 0. The third-order valence-corrected chi connectivity index (χ3v) is 4.64. The van der Waals surface area contributed by atoms with Crippen molar-refractivity contribution >= 4 is 22.6 Å². The Hall–Kier alpha value is -2.33. The summed E-state index contributed by atoms with van der Waals surface area (Å²) in [6, 6.07) is 11.1. The molecule has 2 aromatic heterocycles. The first-order chi connectivity index (χ1) is 11.7. The molecule has 5 heteroatoms. The monoisotopic (exact) mass is 340 g/mol. The summed E-state index contributed by atoms with van der Waals surface area (Å²) in [5.74, 6) is 0.701. The van der Waals surface area contributed by atoms with Gasteiger partial charge in [-0.1, -0.05) is 24.9 Å². The second-order valence-corrected chi connectivity index (χ2v) is 6.47. The van der Waals surface area contributed by atoms with Crippen molar-refractivity contribution in [1.82, 2.24) is 9.55 Å². The first-order valence-corrected chi connectivity index (χ1v) is 8.52. The molecule has 0 bridgehead atoms. The van der Waals surface area contributed by atoms with Crippen LogP contribution in [-0.4, -0.2) is 15.7 Å². The van der Waals surface area contributed by atoms with E-state index < -0.39 is 0 Å². The molecule has 0 aliphatic carbocycles. The molecule has 24 heavy (non-hydrogen) atoms. The predicted octanol–water partition coefficient (Wildman–Crippen LogP) is 4.14. The highest BCUT2D eigenvalue weighted by Crippen LogP contribution is 2.35. The number of fused-ring (bicyclic) bond motifs is 3. The first-order valence-electron chi connectivity index (χ1n) is 8.14. The molecule has 3 aromatic rings. The van der Waals surface area contributed by atoms with Gasteiger partial charge in [-0.2, -0.15) is 0 Å². The molecule has 1 aliphatic rings. The Morgan fingerprint density at radius 3 is 2.83 bits per heavy atom. The summed E-state index contributed by atoms with van der Waals surface area (Å²) < 4.78 is 7.73. The normalized spacial score (nSPS) is 16.2. The van der Waals surface area contributed by atoms with Gasteiger partial charge in [0.05, 0.1) is 16.6 Å². The molecule has 0 amide bonds. The van der Waals surface area contributed by atoms with Gasteiger partial charge in [-0.25, -0.2) is 4.98 Å². The molecule has 122 valence electrons. The maximum absolute atomic E-state index is 13.1. The number of rotatable bonds is 3. The molecule has 0 saturated heterocycles. The van der Waals surface area contributed by atoms with Gasteiger partial charge in [0.1, 0.15) is 11.9 Å². The van der Waals surface area contributed by atoms with E-state index in [1.807, 2.05) is 24.3 Å². The smallest absolute Gasteiger partial charge is 0.263 e. The lowest BCUT2D eigenvalue weighted by molar-refractivity contribution is 0.222. The molecular formula is C19H17ClN2O2. The third-order valence-electron chi connectivity index (χ3n) is 4.39. The average Bonchev–Trinajstić information content (AvgIpc) is 3.02. The molecule has 0 spiro atoms. The quantitative estimate of drug-likeness (QED) is 0.719. The number of nitrogens with zero attached hydrogens (tertiary/aromatic N) is 2. The van der Waals surface area contributed by atoms with Crippen molar-refractivity contribution in [2.24, 2.45) is 0 Å². The summed E-state index contributed by atoms with van der Waals surface area (Å²) in [7, 11) is 0. The standard InChI is InChI=1S/C19H17ClN2O2/c1-2-4-14-11-16-17(24-14)15-5-3-10-21-18(15)22(19(16)23)13-8-6-12(20)7-9-13/h3,5-10,14H,2,4,11H2,1H3. The fourth-order valence-corrected chi connectivity index (χ4v) is 3.43. The van der Waals surface area contributed by atoms with Crippen LogP contribution in [0.4, 0.5) is 0 Å². The van der Waals surface area contributed by atoms with Crippen LogP contribution in [0, 0.1) is 0 Å². The molecule has 4 nitrogen and oxygen atoms in total. The number of aromatic nitrogens is 2. The molecule has 0 radical (unpaired) electrons. The van der Waals surface area contributed by atoms with E-state index in [1.54, 1.807) is 22.9 Å². The zero-order valence-corrected chi connectivity index (χ0v) is 14.1. The van der Waals surface area contributed by atoms with Crippen LogP contribution in [0.25, 0.3) is 16.7 Å². The van der Waals surface area contributed by atoms with Gasteiger partial charge in [-0.05, 0) is 42.8 Å². The average molecular weight is 341 g/mol. The Kier molecular flexibility index (Phi) is 3.77. The number of hydrogen-bond acceptors (Lipinski definition) is 3. The molecule has 3 heterocycles. The second kappa shape index (κ2) is 5.95. The Balaban J connectivity index is 1.99. The van der Waals surface area contributed by atoms with E-state index in [4.69, 9.17) is 16.3 Å². The van der Waals surface area contributed by atoms with Crippen molar-refractivity contribution in [2.75, 3.05) is 0 Å². The highest BCUT2D eigenvalue weighted by atomic mass is 35.5. The third kappa shape index (κ3) is 2.38. The lowest BCUT2D eigenvalue weighted by atomic mass is 10.1. The van der Waals surface area contributed by atoms with E-state index in [1.165, 1.54) is 0 Å². The van der Waals surface area contributed by atoms with Gasteiger partial charge < -0.3 is 4.74 Å². The fourth-order valence-electron chi connectivity index (χ4n) is 3.31. The number of pyridine rings is 2. The Labute approximate surface area is 144 Å². The minimum atomic E-state index is -0.0582. The fraction of sp³-hybridized carbons (Fsp3) is 0.263. The second-order valence-electron chi connectivity index (χ2n) is 6.03. The van der Waals surface area contributed by atoms with Crippen LogP contribution >= 0.6 is 11.6 Å². The van der Waals surface area contributed by atoms with Crippen LogP contribution in [0.5, 0.6) is 5.75 Å². The Morgan fingerprint density at radius 2 is 2.08 bits per heavy atom. The van der Waals surface area contributed by atoms with Crippen molar-refractivity contribution in [3.8, 4) is 11.4 Å². The van der Waals surface area contributed by atoms with Crippen molar-refractivity contribution in [3.05, 3.63) is 63.5 Å². The van der Waals surface area contributed by atoms with Gasteiger partial charge in [0.2, 0.25) is 0 Å². The first kappa shape index (κ1) is 15.2. The minimum absolute atomic E-state index is 0.0582. The van der Waals surface area contributed by atoms with Crippen molar-refractivity contribution in [2.45, 2.75) is 32.3 Å². The van der Waals surface area contributed by atoms with Gasteiger partial charge in [0.25, 0.3) is 5.56 Å². The van der Waals surface area contributed by atoms with Gasteiger partial charge in [-0.15, -0.1) is 0 Å². The van der Waals surface area contributed by atoms with E-state index in [-0.39, 0.29) is 11.7 Å². The van der Waals surface area contributed by atoms with Gasteiger partial charge in [0, 0.05) is 17.6 Å². The maximum Gasteiger partial charge on any atom is 0.263 e. The molecule has 1 atom stereocenters. The highest BCUT2D eigenvalue weighted by Gasteiger charge is 2.29. The largest absolute Gasteiger partial charge is 0.489 e. The summed E-state index contributed by atoms with van der Waals surface area (Å²) in [5.41, 5.74) is 2.05. The van der Waals surface area contributed by atoms with Gasteiger partial charge in [-0.3, -0.25) is 9.36 Å². The summed E-state index contributed by atoms with van der Waals surface area (Å²) in [5, 5.41) is 1.51. The van der Waals surface area contributed by atoms with Crippen molar-refractivity contribution in [1.29, 1.82) is 0 Å². The highest BCUT2D eigenvalue weighted by molar-refractivity contribution is 6.30. The summed E-state index contributed by atoms with van der Waals surface area (Å²) in [4.78, 5) is 17.6. The molecule has 1 aromatic carbocycles. The minimum Gasteiger partial charge on any atom is -0.489 e. The number of ether oxygens (including phenoxy) is 1. The number of benzene rings is 1. The van der Waals surface area contributed by atoms with E-state index in [0.717, 1.165) is 29.5 Å². The molecule has 4 rings (SSSR count). The topological polar surface area (TPSA) is 44.1 Å². The van der Waals surface area contributed by atoms with E-state index in [2.05, 4.69) is 11.9 Å². The SMILES string of the molecule is CCCC1Cc2c(c3cccnc3n(-c3ccc(Cl)cc3)c2=O)O1. The zero-order chi connectivity index (χ0) is 16.7. The van der Waals surface area contributed by atoms with Gasteiger partial charge >= 0.3 is 0 Å². The Bertz CT molecular complexity index is 964. The summed E-state index contributed by atoms with van der Waals surface area (Å²) in [6.07, 6.45) is 4.39. The maximum atomic E-state index is 13.1. The van der Waals surface area contributed by atoms with E-state index in [9.17, 15) is 4.79 Å². The molecule has 1 unspecified atom stereocenters. The van der Waals surface area contributed by atoms with Crippen molar-refractivity contribution in [3.63, 3.8) is 0 Å². The summed E-state index contributed by atoms with van der Waals surface area (Å²) >= 11 is 5.98. The van der Waals surface area contributed by atoms with Crippen LogP contribution in [0.2, 0.25) is 5.02 Å². The van der Waals surface area contributed by atoms with Gasteiger partial charge in [0.15, 0.2) is 5.65 Å². The predicted molar refractivity (Wildman–Crippen MR) is 95.4 cm³/mol. The van der Waals surface area contributed by atoms with Crippen LogP contribution in [0.1, 0.15) is 25.3 Å². The molecule has 0 fully saturated rings. The number of halogens is 1. The Morgan fingerprint density at radius 1 is 1.29 bits per heavy atom. The zero-order valence-electron chi connectivity index (χ0n) is 13.3. The molecule has 0 saturated carbocycles. The molecule has 1 aliphatic heterocycles. The lowest BCUT2D eigenvalue weighted by Crippen LogP contribution is -2.23. The lowest BCUT2D eigenvalue weighted by Gasteiger charge is -2.13. The van der Waals surface area contributed by atoms with Crippen LogP contribution < -0.4 is 10.3 Å². The van der Waals surface area contributed by atoms with Crippen LogP contribution in [0.15, 0.2) is 47.4 Å². The van der Waals surface area contributed by atoms with Crippen LogP contribution in [0.3, 0.4) is 0 Å². The molecule has 0 N–H and O–H groups in total. The molecular weight excluding hydrogens is 324 g/mol.